The molecule has 7 heteroatoms. The molecule has 0 aromatic carbocycles. The van der Waals surface area contributed by atoms with Gasteiger partial charge in [-0.2, -0.15) is 0 Å². The minimum atomic E-state index is -0.172. The Kier molecular flexibility index (Phi) is 7.88. The largest absolute Gasteiger partial charge is 0.382 e. The average Bonchev–Trinajstić information content (AvgIpc) is 2.76. The molecule has 2 aliphatic heterocycles. The van der Waals surface area contributed by atoms with Gasteiger partial charge in [0.05, 0.1) is 17.6 Å². The zero-order chi connectivity index (χ0) is 21.3. The summed E-state index contributed by atoms with van der Waals surface area (Å²) in [5.74, 6) is 2.32. The molecule has 0 saturated carbocycles. The lowest BCUT2D eigenvalue weighted by atomic mass is 10.0. The number of fused-ring (bicyclic) bond motifs is 1. The number of rotatable bonds is 2. The van der Waals surface area contributed by atoms with Gasteiger partial charge in [0.25, 0.3) is 0 Å². The fraction of sp³-hybridized carbons (Fsp3) is 0.522. The van der Waals surface area contributed by atoms with Crippen LogP contribution in [-0.2, 0) is 0 Å². The molecule has 1 atom stereocenters. The van der Waals surface area contributed by atoms with Crippen molar-refractivity contribution in [3.8, 4) is 0 Å². The van der Waals surface area contributed by atoms with Crippen molar-refractivity contribution in [2.24, 2.45) is 5.92 Å². The van der Waals surface area contributed by atoms with E-state index in [9.17, 15) is 4.79 Å². The number of amides is 2. The van der Waals surface area contributed by atoms with Crippen molar-refractivity contribution in [1.29, 1.82) is 0 Å². The molecule has 0 spiro atoms. The van der Waals surface area contributed by atoms with Crippen LogP contribution in [0.4, 0.5) is 27.8 Å². The van der Waals surface area contributed by atoms with Crippen molar-refractivity contribution in [3.63, 3.8) is 0 Å². The standard InChI is InChI=1S/C21H28N6O.C2H6/c1-16-6-5-12-26(15-16)19-9-8-18-20(25-19)27(13-3-2-11-23-18)21(28)24-17-7-4-10-22-14-17;1-2/h4,7-10,14,16,23H,2-3,5-6,11-13,15H2,1H3,(H,24,28);1-2H3. The summed E-state index contributed by atoms with van der Waals surface area (Å²) in [6.45, 7) is 9.86. The summed E-state index contributed by atoms with van der Waals surface area (Å²) in [5, 5.41) is 6.39. The second-order valence-corrected chi connectivity index (χ2v) is 7.69. The van der Waals surface area contributed by atoms with Gasteiger partial charge in [0.15, 0.2) is 5.82 Å². The van der Waals surface area contributed by atoms with Crippen LogP contribution in [0, 0.1) is 5.92 Å². The van der Waals surface area contributed by atoms with Crippen molar-refractivity contribution >= 4 is 29.0 Å². The summed E-state index contributed by atoms with van der Waals surface area (Å²) >= 11 is 0. The van der Waals surface area contributed by atoms with Gasteiger partial charge < -0.3 is 15.5 Å². The molecule has 30 heavy (non-hydrogen) atoms. The van der Waals surface area contributed by atoms with Crippen molar-refractivity contribution in [2.45, 2.75) is 46.5 Å². The lowest BCUT2D eigenvalue weighted by Crippen LogP contribution is -2.39. The number of urea groups is 1. The number of hydrogen-bond donors (Lipinski definition) is 2. The molecule has 1 unspecified atom stereocenters. The van der Waals surface area contributed by atoms with Crippen LogP contribution in [0.3, 0.4) is 0 Å². The van der Waals surface area contributed by atoms with E-state index < -0.39 is 0 Å². The van der Waals surface area contributed by atoms with E-state index in [-0.39, 0.29) is 6.03 Å². The maximum Gasteiger partial charge on any atom is 0.327 e. The Morgan fingerprint density at radius 1 is 1.17 bits per heavy atom. The highest BCUT2D eigenvalue weighted by Crippen LogP contribution is 2.31. The zero-order valence-corrected chi connectivity index (χ0v) is 18.4. The normalized spacial score (nSPS) is 18.7. The third kappa shape index (κ3) is 5.40. The number of carbonyl (C=O) groups is 1. The molecular formula is C23H34N6O. The Hall–Kier alpha value is -2.83. The molecule has 1 fully saturated rings. The molecule has 2 aromatic heterocycles. The molecule has 162 valence electrons. The monoisotopic (exact) mass is 410 g/mol. The van der Waals surface area contributed by atoms with Gasteiger partial charge in [-0.15, -0.1) is 0 Å². The summed E-state index contributed by atoms with van der Waals surface area (Å²) in [4.78, 5) is 26.1. The predicted octanol–water partition coefficient (Wildman–Crippen LogP) is 4.98. The van der Waals surface area contributed by atoms with E-state index in [1.54, 1.807) is 17.3 Å². The highest BCUT2D eigenvalue weighted by atomic mass is 16.2. The molecule has 2 aromatic rings. The highest BCUT2D eigenvalue weighted by Gasteiger charge is 2.25. The minimum Gasteiger partial charge on any atom is -0.382 e. The Balaban J connectivity index is 0.00000124. The smallest absolute Gasteiger partial charge is 0.327 e. The fourth-order valence-corrected chi connectivity index (χ4v) is 3.91. The first kappa shape index (κ1) is 21.9. The van der Waals surface area contributed by atoms with E-state index in [1.807, 2.05) is 26.0 Å². The number of aromatic nitrogens is 2. The Morgan fingerprint density at radius 2 is 2.03 bits per heavy atom. The van der Waals surface area contributed by atoms with Crippen LogP contribution in [0.15, 0.2) is 36.7 Å². The average molecular weight is 411 g/mol. The van der Waals surface area contributed by atoms with E-state index >= 15 is 0 Å². The molecule has 2 N–H and O–H groups in total. The molecule has 4 rings (SSSR count). The van der Waals surface area contributed by atoms with Gasteiger partial charge in [-0.1, -0.05) is 20.8 Å². The second-order valence-electron chi connectivity index (χ2n) is 7.69. The van der Waals surface area contributed by atoms with Crippen LogP contribution in [0.5, 0.6) is 0 Å². The van der Waals surface area contributed by atoms with E-state index in [2.05, 4.69) is 39.6 Å². The first-order chi connectivity index (χ1) is 14.7. The maximum atomic E-state index is 13.0. The molecule has 7 nitrogen and oxygen atoms in total. The molecule has 1 saturated heterocycles. The van der Waals surface area contributed by atoms with Crippen LogP contribution in [0.2, 0.25) is 0 Å². The number of anilines is 4. The molecule has 0 radical (unpaired) electrons. The lowest BCUT2D eigenvalue weighted by molar-refractivity contribution is 0.256. The third-order valence-electron chi connectivity index (χ3n) is 5.38. The van der Waals surface area contributed by atoms with Gasteiger partial charge in [0.2, 0.25) is 0 Å². The molecule has 0 aliphatic carbocycles. The lowest BCUT2D eigenvalue weighted by Gasteiger charge is -2.33. The topological polar surface area (TPSA) is 73.4 Å². The number of pyridine rings is 2. The maximum absolute atomic E-state index is 13.0. The fourth-order valence-electron chi connectivity index (χ4n) is 3.91. The highest BCUT2D eigenvalue weighted by molar-refractivity contribution is 6.03. The zero-order valence-electron chi connectivity index (χ0n) is 18.4. The molecule has 0 bridgehead atoms. The second kappa shape index (κ2) is 10.8. The molecule has 2 amide bonds. The van der Waals surface area contributed by atoms with Gasteiger partial charge in [0, 0.05) is 32.4 Å². The van der Waals surface area contributed by atoms with Gasteiger partial charge in [0.1, 0.15) is 5.82 Å². The van der Waals surface area contributed by atoms with Gasteiger partial charge in [-0.05, 0) is 55.9 Å². The summed E-state index contributed by atoms with van der Waals surface area (Å²) in [6.07, 6.45) is 7.74. The van der Waals surface area contributed by atoms with Crippen LogP contribution in [0.25, 0.3) is 0 Å². The first-order valence-electron chi connectivity index (χ1n) is 11.2. The third-order valence-corrected chi connectivity index (χ3v) is 5.38. The minimum absolute atomic E-state index is 0.172. The van der Waals surface area contributed by atoms with Crippen LogP contribution in [-0.4, -0.2) is 42.2 Å². The Morgan fingerprint density at radius 3 is 2.80 bits per heavy atom. The van der Waals surface area contributed by atoms with Crippen LogP contribution in [0.1, 0.15) is 46.5 Å². The van der Waals surface area contributed by atoms with E-state index in [0.717, 1.165) is 44.0 Å². The van der Waals surface area contributed by atoms with E-state index in [1.165, 1.54) is 12.8 Å². The molecular weight excluding hydrogens is 376 g/mol. The number of nitrogens with zero attached hydrogens (tertiary/aromatic N) is 4. The quantitative estimate of drug-likeness (QED) is 0.730. The summed E-state index contributed by atoms with van der Waals surface area (Å²) in [5.41, 5.74) is 1.60. The number of nitrogens with one attached hydrogen (secondary N) is 2. The van der Waals surface area contributed by atoms with Crippen LogP contribution >= 0.6 is 0 Å². The van der Waals surface area contributed by atoms with Crippen LogP contribution < -0.4 is 20.4 Å². The number of hydrogen-bond acceptors (Lipinski definition) is 5. The van der Waals surface area contributed by atoms with E-state index in [4.69, 9.17) is 4.98 Å². The van der Waals surface area contributed by atoms with E-state index in [0.29, 0.717) is 24.0 Å². The van der Waals surface area contributed by atoms with Crippen molar-refractivity contribution < 1.29 is 4.79 Å². The van der Waals surface area contributed by atoms with Gasteiger partial charge in [-0.3, -0.25) is 9.88 Å². The summed E-state index contributed by atoms with van der Waals surface area (Å²) in [6, 6.07) is 7.61. The number of carbonyl (C=O) groups excluding carboxylic acids is 1. The summed E-state index contributed by atoms with van der Waals surface area (Å²) < 4.78 is 0. The van der Waals surface area contributed by atoms with Crippen molar-refractivity contribution in [3.05, 3.63) is 36.7 Å². The van der Waals surface area contributed by atoms with Gasteiger partial charge >= 0.3 is 6.03 Å². The molecule has 4 heterocycles. The van der Waals surface area contributed by atoms with Gasteiger partial charge in [-0.25, -0.2) is 9.78 Å². The molecule has 2 aliphatic rings. The SMILES string of the molecule is CC.CC1CCCN(c2ccc3c(n2)N(C(=O)Nc2cccnc2)CCCCN3)C1. The number of piperidine rings is 1. The van der Waals surface area contributed by atoms with Crippen molar-refractivity contribution in [1.82, 2.24) is 9.97 Å². The predicted molar refractivity (Wildman–Crippen MR) is 125 cm³/mol. The van der Waals surface area contributed by atoms with Crippen molar-refractivity contribution in [2.75, 3.05) is 46.6 Å². The Labute approximate surface area is 179 Å². The first-order valence-corrected chi connectivity index (χ1v) is 11.2. The summed E-state index contributed by atoms with van der Waals surface area (Å²) in [7, 11) is 0. The Bertz CT molecular complexity index is 813.